The minimum absolute atomic E-state index is 0.112. The van der Waals surface area contributed by atoms with Gasteiger partial charge in [0.2, 0.25) is 0 Å². The lowest BCUT2D eigenvalue weighted by Gasteiger charge is -1.93. The number of rotatable bonds is 2. The van der Waals surface area contributed by atoms with Crippen LogP contribution in [0.3, 0.4) is 0 Å². The first-order valence-electron chi connectivity index (χ1n) is 3.81. The summed E-state index contributed by atoms with van der Waals surface area (Å²) in [5, 5.41) is 0. The van der Waals surface area contributed by atoms with E-state index in [2.05, 4.69) is 4.98 Å². The largest absolute Gasteiger partial charge is 0.367 e. The topological polar surface area (TPSA) is 32.9 Å². The van der Waals surface area contributed by atoms with Gasteiger partial charge in [-0.3, -0.25) is 4.79 Å². The van der Waals surface area contributed by atoms with E-state index in [4.69, 9.17) is 23.2 Å². The lowest BCUT2D eigenvalue weighted by molar-refractivity contribution is 0.103. The normalized spacial score (nSPS) is 10.4. The summed E-state index contributed by atoms with van der Waals surface area (Å²) in [5.41, 5.74) is 1.04. The molecule has 0 aliphatic carbocycles. The Morgan fingerprint density at radius 2 is 2.21 bits per heavy atom. The van der Waals surface area contributed by atoms with Gasteiger partial charge in [0.15, 0.2) is 5.78 Å². The van der Waals surface area contributed by atoms with E-state index in [-0.39, 0.29) is 5.78 Å². The number of halogens is 2. The molecule has 0 aliphatic rings. The molecule has 0 aliphatic heterocycles. The van der Waals surface area contributed by atoms with Crippen molar-refractivity contribution < 1.29 is 4.79 Å². The summed E-state index contributed by atoms with van der Waals surface area (Å²) >= 11 is 12.8. The van der Waals surface area contributed by atoms with Crippen molar-refractivity contribution in [3.8, 4) is 0 Å². The fraction of sp³-hybridized carbons (Fsp3) is 0. The van der Waals surface area contributed by atoms with Crippen LogP contribution < -0.4 is 0 Å². The number of aromatic nitrogens is 1. The van der Waals surface area contributed by atoms with E-state index < -0.39 is 0 Å². The third kappa shape index (κ3) is 1.71. The Morgan fingerprint density at radius 1 is 1.43 bits per heavy atom. The molecule has 72 valence electrons. The maximum absolute atomic E-state index is 11.8. The van der Waals surface area contributed by atoms with Gasteiger partial charge < -0.3 is 4.98 Å². The first-order valence-corrected chi connectivity index (χ1v) is 5.38. The van der Waals surface area contributed by atoms with Gasteiger partial charge in [-0.15, -0.1) is 11.3 Å². The highest BCUT2D eigenvalue weighted by atomic mass is 35.5. The van der Waals surface area contributed by atoms with E-state index in [9.17, 15) is 4.79 Å². The van der Waals surface area contributed by atoms with Gasteiger partial charge in [0.1, 0.15) is 4.34 Å². The highest BCUT2D eigenvalue weighted by Gasteiger charge is 2.15. The zero-order chi connectivity index (χ0) is 10.1. The number of hydrogen-bond donors (Lipinski definition) is 1. The fourth-order valence-electron chi connectivity index (χ4n) is 1.12. The molecule has 0 amide bonds. The van der Waals surface area contributed by atoms with Crippen molar-refractivity contribution in [3.63, 3.8) is 0 Å². The smallest absolute Gasteiger partial charge is 0.196 e. The minimum Gasteiger partial charge on any atom is -0.367 e. The monoisotopic (exact) mass is 245 g/mol. The van der Waals surface area contributed by atoms with Crippen LogP contribution in [-0.2, 0) is 0 Å². The van der Waals surface area contributed by atoms with E-state index in [1.165, 1.54) is 11.3 Å². The summed E-state index contributed by atoms with van der Waals surface area (Å²) in [5.74, 6) is -0.112. The molecule has 0 atom stereocenters. The summed E-state index contributed by atoms with van der Waals surface area (Å²) in [4.78, 5) is 14.6. The van der Waals surface area contributed by atoms with Gasteiger partial charge in [-0.2, -0.15) is 0 Å². The summed E-state index contributed by atoms with van der Waals surface area (Å²) in [6.07, 6.45) is 3.32. The number of hydrogen-bond acceptors (Lipinski definition) is 2. The lowest BCUT2D eigenvalue weighted by atomic mass is 10.1. The van der Waals surface area contributed by atoms with Crippen LogP contribution in [-0.4, -0.2) is 10.8 Å². The van der Waals surface area contributed by atoms with Gasteiger partial charge in [-0.1, -0.05) is 23.2 Å². The summed E-state index contributed by atoms with van der Waals surface area (Å²) in [6, 6.07) is 3.29. The van der Waals surface area contributed by atoms with Gasteiger partial charge in [0.05, 0.1) is 9.90 Å². The van der Waals surface area contributed by atoms with E-state index in [0.717, 1.165) is 0 Å². The Balaban J connectivity index is 2.41. The summed E-state index contributed by atoms with van der Waals surface area (Å²) < 4.78 is 0.954. The molecule has 2 heterocycles. The second kappa shape index (κ2) is 3.77. The molecule has 0 unspecified atom stereocenters. The van der Waals surface area contributed by atoms with E-state index in [0.29, 0.717) is 19.8 Å². The SMILES string of the molecule is O=C(c1cc[nH]c1)c1cc(Cl)sc1Cl. The Kier molecular flexibility index (Phi) is 2.63. The first-order chi connectivity index (χ1) is 6.68. The van der Waals surface area contributed by atoms with E-state index >= 15 is 0 Å². The summed E-state index contributed by atoms with van der Waals surface area (Å²) in [7, 11) is 0. The molecule has 0 saturated heterocycles. The minimum atomic E-state index is -0.112. The standard InChI is InChI=1S/C9H5Cl2NOS/c10-7-3-6(9(11)14-7)8(13)5-1-2-12-4-5/h1-4,12H. The van der Waals surface area contributed by atoms with Crippen molar-refractivity contribution in [2.45, 2.75) is 0 Å². The highest BCUT2D eigenvalue weighted by Crippen LogP contribution is 2.32. The molecule has 0 bridgehead atoms. The molecule has 14 heavy (non-hydrogen) atoms. The average molecular weight is 246 g/mol. The number of carbonyl (C=O) groups excluding carboxylic acids is 1. The van der Waals surface area contributed by atoms with Crippen molar-refractivity contribution in [3.05, 3.63) is 44.3 Å². The number of H-pyrrole nitrogens is 1. The Labute approximate surface area is 94.5 Å². The number of thiophene rings is 1. The van der Waals surface area contributed by atoms with Crippen LogP contribution >= 0.6 is 34.5 Å². The molecule has 0 radical (unpaired) electrons. The van der Waals surface area contributed by atoms with Crippen LogP contribution in [0.5, 0.6) is 0 Å². The average Bonchev–Trinajstić information content (AvgIpc) is 2.73. The van der Waals surface area contributed by atoms with Crippen molar-refractivity contribution in [1.29, 1.82) is 0 Å². The lowest BCUT2D eigenvalue weighted by Crippen LogP contribution is -1.97. The zero-order valence-electron chi connectivity index (χ0n) is 6.88. The van der Waals surface area contributed by atoms with Crippen LogP contribution in [0.15, 0.2) is 24.5 Å². The second-order valence-corrected chi connectivity index (χ2v) is 4.95. The molecule has 2 rings (SSSR count). The Bertz CT molecular complexity index is 461. The maximum atomic E-state index is 11.8. The van der Waals surface area contributed by atoms with Gasteiger partial charge in [0, 0.05) is 18.0 Å². The predicted molar refractivity (Wildman–Crippen MR) is 58.6 cm³/mol. The van der Waals surface area contributed by atoms with Gasteiger partial charge in [0.25, 0.3) is 0 Å². The number of nitrogens with one attached hydrogen (secondary N) is 1. The molecule has 0 aromatic carbocycles. The van der Waals surface area contributed by atoms with Gasteiger partial charge in [-0.25, -0.2) is 0 Å². The first kappa shape index (κ1) is 9.77. The van der Waals surface area contributed by atoms with Crippen LogP contribution in [0.1, 0.15) is 15.9 Å². The molecule has 1 N–H and O–H groups in total. The molecular formula is C9H5Cl2NOS. The number of carbonyl (C=O) groups is 1. The predicted octanol–water partition coefficient (Wildman–Crippen LogP) is 3.61. The van der Waals surface area contributed by atoms with Crippen molar-refractivity contribution in [2.24, 2.45) is 0 Å². The molecule has 2 aromatic rings. The van der Waals surface area contributed by atoms with E-state index in [1.54, 1.807) is 24.5 Å². The molecular weight excluding hydrogens is 241 g/mol. The number of aromatic amines is 1. The molecule has 2 nitrogen and oxygen atoms in total. The van der Waals surface area contributed by atoms with Crippen LogP contribution in [0.4, 0.5) is 0 Å². The zero-order valence-corrected chi connectivity index (χ0v) is 9.21. The van der Waals surface area contributed by atoms with Crippen molar-refractivity contribution >= 4 is 40.3 Å². The van der Waals surface area contributed by atoms with Crippen LogP contribution in [0.25, 0.3) is 0 Å². The Morgan fingerprint density at radius 3 is 2.71 bits per heavy atom. The molecule has 0 fully saturated rings. The molecule has 0 spiro atoms. The fourth-order valence-corrected chi connectivity index (χ4v) is 2.57. The third-order valence-electron chi connectivity index (χ3n) is 1.76. The maximum Gasteiger partial charge on any atom is 0.196 e. The van der Waals surface area contributed by atoms with Crippen LogP contribution in [0.2, 0.25) is 8.67 Å². The number of ketones is 1. The second-order valence-electron chi connectivity index (χ2n) is 2.67. The molecule has 0 saturated carbocycles. The van der Waals surface area contributed by atoms with Crippen molar-refractivity contribution in [2.75, 3.05) is 0 Å². The van der Waals surface area contributed by atoms with Crippen molar-refractivity contribution in [1.82, 2.24) is 4.98 Å². The van der Waals surface area contributed by atoms with E-state index in [1.807, 2.05) is 0 Å². The van der Waals surface area contributed by atoms with Gasteiger partial charge >= 0.3 is 0 Å². The highest BCUT2D eigenvalue weighted by molar-refractivity contribution is 7.20. The molecule has 2 aromatic heterocycles. The Hall–Kier alpha value is -0.770. The quantitative estimate of drug-likeness (QED) is 0.806. The summed E-state index contributed by atoms with van der Waals surface area (Å²) in [6.45, 7) is 0. The van der Waals surface area contributed by atoms with Crippen LogP contribution in [0, 0.1) is 0 Å². The molecule has 5 heteroatoms. The third-order valence-corrected chi connectivity index (χ3v) is 3.25. The van der Waals surface area contributed by atoms with Gasteiger partial charge in [-0.05, 0) is 12.1 Å².